The van der Waals surface area contributed by atoms with Crippen LogP contribution in [0.5, 0.6) is 0 Å². The highest BCUT2D eigenvalue weighted by Crippen LogP contribution is 2.27. The molecular formula is C9H7N3. The van der Waals surface area contributed by atoms with E-state index in [9.17, 15) is 0 Å². The largest absolute Gasteiger partial charge is 0.159 e. The van der Waals surface area contributed by atoms with E-state index in [1.807, 2.05) is 24.3 Å². The maximum absolute atomic E-state index is 4.32. The number of aromatic nitrogens is 2. The SMILES string of the molecule is C1=CC2=Nn3nccc3C2C=C1. The van der Waals surface area contributed by atoms with Crippen LogP contribution in [0.1, 0.15) is 11.6 Å². The van der Waals surface area contributed by atoms with Crippen LogP contribution in [0.4, 0.5) is 0 Å². The van der Waals surface area contributed by atoms with Crippen LogP contribution >= 0.6 is 0 Å². The summed E-state index contributed by atoms with van der Waals surface area (Å²) in [5.41, 5.74) is 2.24. The van der Waals surface area contributed by atoms with Crippen molar-refractivity contribution in [2.45, 2.75) is 5.92 Å². The molecule has 1 unspecified atom stereocenters. The highest BCUT2D eigenvalue weighted by Gasteiger charge is 2.25. The monoisotopic (exact) mass is 157 g/mol. The summed E-state index contributed by atoms with van der Waals surface area (Å²) in [6.07, 6.45) is 9.99. The first kappa shape index (κ1) is 5.94. The standard InChI is InChI=1S/C9H7N3/c1-2-4-8-7(3-1)9-5-6-10-12(9)11-8/h1-7H. The fourth-order valence-electron chi connectivity index (χ4n) is 1.60. The molecule has 0 bridgehead atoms. The second-order valence-corrected chi connectivity index (χ2v) is 2.89. The van der Waals surface area contributed by atoms with Gasteiger partial charge in [-0.05, 0) is 12.1 Å². The van der Waals surface area contributed by atoms with Crippen molar-refractivity contribution in [2.75, 3.05) is 0 Å². The fraction of sp³-hybridized carbons (Fsp3) is 0.111. The molecule has 58 valence electrons. The molecule has 0 fully saturated rings. The molecule has 1 atom stereocenters. The van der Waals surface area contributed by atoms with Crippen molar-refractivity contribution in [1.82, 2.24) is 9.89 Å². The minimum absolute atomic E-state index is 0.331. The van der Waals surface area contributed by atoms with Crippen molar-refractivity contribution < 1.29 is 0 Å². The lowest BCUT2D eigenvalue weighted by molar-refractivity contribution is 0.731. The van der Waals surface area contributed by atoms with Crippen LogP contribution in [0, 0.1) is 0 Å². The number of hydrogen-bond acceptors (Lipinski definition) is 2. The van der Waals surface area contributed by atoms with Crippen LogP contribution in [-0.2, 0) is 0 Å². The van der Waals surface area contributed by atoms with Gasteiger partial charge in [-0.25, -0.2) is 0 Å². The van der Waals surface area contributed by atoms with Gasteiger partial charge in [0.1, 0.15) is 0 Å². The molecule has 1 aromatic rings. The van der Waals surface area contributed by atoms with Crippen molar-refractivity contribution in [3.05, 3.63) is 42.3 Å². The Balaban J connectivity index is 2.23. The third-order valence-electron chi connectivity index (χ3n) is 2.18. The first-order valence-electron chi connectivity index (χ1n) is 3.93. The minimum atomic E-state index is 0.331. The van der Waals surface area contributed by atoms with Gasteiger partial charge in [0.05, 0.1) is 23.5 Å². The molecule has 12 heavy (non-hydrogen) atoms. The van der Waals surface area contributed by atoms with E-state index >= 15 is 0 Å². The maximum Gasteiger partial charge on any atom is 0.0775 e. The Morgan fingerprint density at radius 1 is 1.33 bits per heavy atom. The Morgan fingerprint density at radius 3 is 3.33 bits per heavy atom. The van der Waals surface area contributed by atoms with E-state index in [0.29, 0.717) is 5.92 Å². The molecule has 1 aliphatic carbocycles. The lowest BCUT2D eigenvalue weighted by Gasteiger charge is -2.05. The summed E-state index contributed by atoms with van der Waals surface area (Å²) in [4.78, 5) is 1.69. The molecule has 1 aromatic heterocycles. The molecule has 1 aliphatic heterocycles. The van der Waals surface area contributed by atoms with Crippen molar-refractivity contribution in [2.24, 2.45) is 5.10 Å². The summed E-state index contributed by atoms with van der Waals surface area (Å²) in [5, 5.41) is 8.40. The molecule has 0 saturated carbocycles. The quantitative estimate of drug-likeness (QED) is 0.558. The number of hydrogen-bond donors (Lipinski definition) is 0. The Morgan fingerprint density at radius 2 is 2.33 bits per heavy atom. The van der Waals surface area contributed by atoms with Crippen molar-refractivity contribution in [3.63, 3.8) is 0 Å². The molecule has 0 saturated heterocycles. The third-order valence-corrected chi connectivity index (χ3v) is 2.18. The summed E-state index contributed by atoms with van der Waals surface area (Å²) < 4.78 is 0. The van der Waals surface area contributed by atoms with E-state index in [0.717, 1.165) is 11.4 Å². The summed E-state index contributed by atoms with van der Waals surface area (Å²) in [6.45, 7) is 0. The first-order valence-corrected chi connectivity index (χ1v) is 3.93. The van der Waals surface area contributed by atoms with E-state index in [4.69, 9.17) is 0 Å². The predicted molar refractivity (Wildman–Crippen MR) is 46.1 cm³/mol. The van der Waals surface area contributed by atoms with Gasteiger partial charge in [-0.3, -0.25) is 0 Å². The predicted octanol–water partition coefficient (Wildman–Crippen LogP) is 1.31. The topological polar surface area (TPSA) is 30.2 Å². The summed E-state index contributed by atoms with van der Waals surface area (Å²) in [7, 11) is 0. The van der Waals surface area contributed by atoms with Crippen LogP contribution < -0.4 is 0 Å². The molecule has 3 rings (SSSR count). The van der Waals surface area contributed by atoms with Gasteiger partial charge in [-0.1, -0.05) is 18.2 Å². The van der Waals surface area contributed by atoms with E-state index in [2.05, 4.69) is 16.3 Å². The Kier molecular flexibility index (Phi) is 0.961. The minimum Gasteiger partial charge on any atom is -0.159 e. The molecule has 2 heterocycles. The van der Waals surface area contributed by atoms with Gasteiger partial charge in [0.15, 0.2) is 0 Å². The zero-order valence-electron chi connectivity index (χ0n) is 6.38. The first-order chi connectivity index (χ1) is 5.95. The molecule has 2 aliphatic rings. The van der Waals surface area contributed by atoms with Crippen molar-refractivity contribution in [1.29, 1.82) is 0 Å². The summed E-state index contributed by atoms with van der Waals surface area (Å²) in [5.74, 6) is 0.331. The fourth-order valence-corrected chi connectivity index (χ4v) is 1.60. The van der Waals surface area contributed by atoms with Crippen molar-refractivity contribution in [3.8, 4) is 0 Å². The van der Waals surface area contributed by atoms with Crippen LogP contribution in [0.25, 0.3) is 0 Å². The zero-order valence-corrected chi connectivity index (χ0v) is 6.38. The van der Waals surface area contributed by atoms with E-state index < -0.39 is 0 Å². The van der Waals surface area contributed by atoms with E-state index in [1.165, 1.54) is 0 Å². The maximum atomic E-state index is 4.32. The molecule has 3 nitrogen and oxygen atoms in total. The van der Waals surface area contributed by atoms with E-state index in [1.54, 1.807) is 11.0 Å². The Labute approximate surface area is 69.7 Å². The van der Waals surface area contributed by atoms with Gasteiger partial charge < -0.3 is 0 Å². The average Bonchev–Trinajstić information content (AvgIpc) is 2.62. The van der Waals surface area contributed by atoms with Gasteiger partial charge in [0.2, 0.25) is 0 Å². The molecule has 0 aromatic carbocycles. The van der Waals surface area contributed by atoms with Crippen molar-refractivity contribution >= 4 is 5.71 Å². The smallest absolute Gasteiger partial charge is 0.0775 e. The Bertz CT molecular complexity index is 409. The highest BCUT2D eigenvalue weighted by molar-refractivity contribution is 6.03. The van der Waals surface area contributed by atoms with Gasteiger partial charge in [-0.15, -0.1) is 0 Å². The van der Waals surface area contributed by atoms with Crippen LogP contribution in [0.15, 0.2) is 41.7 Å². The average molecular weight is 157 g/mol. The number of fused-ring (bicyclic) bond motifs is 3. The van der Waals surface area contributed by atoms with Gasteiger partial charge in [0, 0.05) is 0 Å². The van der Waals surface area contributed by atoms with E-state index in [-0.39, 0.29) is 0 Å². The lowest BCUT2D eigenvalue weighted by Crippen LogP contribution is -2.04. The van der Waals surface area contributed by atoms with Gasteiger partial charge >= 0.3 is 0 Å². The summed E-state index contributed by atoms with van der Waals surface area (Å²) in [6, 6.07) is 2.00. The molecule has 0 spiro atoms. The molecule has 3 heteroatoms. The molecule has 0 amide bonds. The zero-order chi connectivity index (χ0) is 7.97. The second kappa shape index (κ2) is 1.94. The number of rotatable bonds is 0. The summed E-state index contributed by atoms with van der Waals surface area (Å²) >= 11 is 0. The lowest BCUT2D eigenvalue weighted by atomic mass is 9.96. The van der Waals surface area contributed by atoms with Crippen LogP contribution in [0.3, 0.4) is 0 Å². The normalized spacial score (nSPS) is 23.7. The van der Waals surface area contributed by atoms with Crippen LogP contribution in [-0.4, -0.2) is 15.6 Å². The molecule has 0 N–H and O–H groups in total. The number of allylic oxidation sites excluding steroid dienone is 4. The highest BCUT2D eigenvalue weighted by atomic mass is 15.5. The van der Waals surface area contributed by atoms with Gasteiger partial charge in [-0.2, -0.15) is 15.0 Å². The second-order valence-electron chi connectivity index (χ2n) is 2.89. The number of nitrogens with zero attached hydrogens (tertiary/aromatic N) is 3. The van der Waals surface area contributed by atoms with Crippen LogP contribution in [0.2, 0.25) is 0 Å². The third kappa shape index (κ3) is 0.605. The Hall–Kier alpha value is -1.64. The molecular weight excluding hydrogens is 150 g/mol. The van der Waals surface area contributed by atoms with Gasteiger partial charge in [0.25, 0.3) is 0 Å². The molecule has 0 radical (unpaired) electrons.